The molecule has 2 aromatic rings. The second kappa shape index (κ2) is 5.02. The van der Waals surface area contributed by atoms with E-state index in [-0.39, 0.29) is 22.9 Å². The molecule has 0 aliphatic rings. The maximum atomic E-state index is 12.3. The molecule has 0 bridgehead atoms. The number of nitrogens with zero attached hydrogens (tertiary/aromatic N) is 5. The number of rotatable bonds is 2. The van der Waals surface area contributed by atoms with Crippen molar-refractivity contribution < 1.29 is 13.2 Å². The van der Waals surface area contributed by atoms with Crippen LogP contribution >= 0.6 is 0 Å². The third-order valence-electron chi connectivity index (χ3n) is 2.33. The van der Waals surface area contributed by atoms with Gasteiger partial charge in [0.1, 0.15) is 5.56 Å². The molecule has 100 valence electrons. The number of hydrogen-bond acceptors (Lipinski definition) is 3. The van der Waals surface area contributed by atoms with Crippen molar-refractivity contribution in [1.29, 1.82) is 5.26 Å². The van der Waals surface area contributed by atoms with E-state index in [0.717, 1.165) is 4.68 Å². The molecule has 0 radical (unpaired) electrons. The summed E-state index contributed by atoms with van der Waals surface area (Å²) < 4.78 is 38.0. The highest BCUT2D eigenvalue weighted by Crippen LogP contribution is 2.21. The van der Waals surface area contributed by atoms with Gasteiger partial charge in [0.05, 0.1) is 24.4 Å². The van der Waals surface area contributed by atoms with Crippen LogP contribution in [0.4, 0.5) is 19.0 Å². The summed E-state index contributed by atoms with van der Waals surface area (Å²) >= 11 is 0. The molecule has 0 N–H and O–H groups in total. The summed E-state index contributed by atoms with van der Waals surface area (Å²) in [7, 11) is 0. The fraction of sp³-hybridized carbons (Fsp3) is 0.167. The Morgan fingerprint density at radius 3 is 2.70 bits per heavy atom. The fourth-order valence-electron chi connectivity index (χ4n) is 1.54. The maximum absolute atomic E-state index is 12.3. The normalized spacial score (nSPS) is 10.8. The van der Waals surface area contributed by atoms with Crippen molar-refractivity contribution in [2.24, 2.45) is 0 Å². The Hall–Kier alpha value is -2.87. The third kappa shape index (κ3) is 2.93. The smallest absolute Gasteiger partial charge is 0.358 e. The van der Waals surface area contributed by atoms with Crippen LogP contribution in [0.2, 0.25) is 0 Å². The van der Waals surface area contributed by atoms with E-state index in [9.17, 15) is 13.2 Å². The van der Waals surface area contributed by atoms with Crippen LogP contribution in [0.3, 0.4) is 0 Å². The monoisotopic (exact) mass is 277 g/mol. The SMILES string of the molecule is [C-]#[N+]c1nn(-c2cccc(CC(F)(F)F)n2)cc1C#N. The van der Waals surface area contributed by atoms with Crippen molar-refractivity contribution in [1.82, 2.24) is 14.8 Å². The van der Waals surface area contributed by atoms with Gasteiger partial charge in [-0.05, 0) is 17.2 Å². The van der Waals surface area contributed by atoms with Gasteiger partial charge >= 0.3 is 12.0 Å². The van der Waals surface area contributed by atoms with Crippen LogP contribution in [0.15, 0.2) is 24.4 Å². The number of halogens is 3. The molecule has 0 saturated carbocycles. The second-order valence-electron chi connectivity index (χ2n) is 3.81. The van der Waals surface area contributed by atoms with E-state index in [1.54, 1.807) is 6.07 Å². The minimum atomic E-state index is -4.35. The summed E-state index contributed by atoms with van der Waals surface area (Å²) in [4.78, 5) is 6.88. The van der Waals surface area contributed by atoms with E-state index in [4.69, 9.17) is 11.8 Å². The quantitative estimate of drug-likeness (QED) is 0.793. The molecule has 20 heavy (non-hydrogen) atoms. The van der Waals surface area contributed by atoms with Gasteiger partial charge in [-0.15, -0.1) is 4.68 Å². The first-order valence-electron chi connectivity index (χ1n) is 5.33. The van der Waals surface area contributed by atoms with Crippen LogP contribution in [0, 0.1) is 17.9 Å². The molecule has 0 atom stereocenters. The van der Waals surface area contributed by atoms with Gasteiger partial charge in [-0.2, -0.15) is 18.4 Å². The average molecular weight is 277 g/mol. The summed E-state index contributed by atoms with van der Waals surface area (Å²) in [5, 5.41) is 12.6. The predicted octanol–water partition coefficient (Wildman–Crippen LogP) is 2.79. The molecule has 5 nitrogen and oxygen atoms in total. The van der Waals surface area contributed by atoms with Crippen molar-refractivity contribution in [3.8, 4) is 11.9 Å². The highest BCUT2D eigenvalue weighted by molar-refractivity contribution is 5.52. The molecule has 0 spiro atoms. The minimum Gasteiger partial charge on any atom is -0.358 e. The number of hydrogen-bond donors (Lipinski definition) is 0. The molecule has 2 rings (SSSR count). The molecule has 0 aliphatic carbocycles. The van der Waals surface area contributed by atoms with Crippen molar-refractivity contribution >= 4 is 5.82 Å². The van der Waals surface area contributed by atoms with E-state index in [1.165, 1.54) is 24.4 Å². The molecular formula is C12H6F3N5. The second-order valence-corrected chi connectivity index (χ2v) is 3.81. The van der Waals surface area contributed by atoms with Gasteiger partial charge in [0.2, 0.25) is 0 Å². The van der Waals surface area contributed by atoms with Gasteiger partial charge in [-0.25, -0.2) is 4.98 Å². The lowest BCUT2D eigenvalue weighted by molar-refractivity contribution is -0.127. The van der Waals surface area contributed by atoms with E-state index >= 15 is 0 Å². The molecule has 0 aromatic carbocycles. The molecule has 0 amide bonds. The van der Waals surface area contributed by atoms with Crippen molar-refractivity contribution in [3.05, 3.63) is 47.1 Å². The van der Waals surface area contributed by atoms with Gasteiger partial charge in [0.25, 0.3) is 0 Å². The number of nitriles is 1. The van der Waals surface area contributed by atoms with Gasteiger partial charge in [-0.1, -0.05) is 12.6 Å². The Bertz CT molecular complexity index is 686. The predicted molar refractivity (Wildman–Crippen MR) is 62.1 cm³/mol. The summed E-state index contributed by atoms with van der Waals surface area (Å²) in [6.45, 7) is 6.85. The summed E-state index contributed by atoms with van der Waals surface area (Å²) in [5.41, 5.74) is -0.114. The fourth-order valence-corrected chi connectivity index (χ4v) is 1.54. The highest BCUT2D eigenvalue weighted by Gasteiger charge is 2.28. The molecule has 0 fully saturated rings. The zero-order valence-corrected chi connectivity index (χ0v) is 9.89. The molecule has 0 unspecified atom stereocenters. The lowest BCUT2D eigenvalue weighted by Crippen LogP contribution is -2.13. The first-order valence-corrected chi connectivity index (χ1v) is 5.33. The highest BCUT2D eigenvalue weighted by atomic mass is 19.4. The van der Waals surface area contributed by atoms with E-state index in [0.29, 0.717) is 0 Å². The number of aromatic nitrogens is 3. The van der Waals surface area contributed by atoms with Gasteiger partial charge < -0.3 is 4.85 Å². The Kier molecular flexibility index (Phi) is 3.40. The van der Waals surface area contributed by atoms with Crippen LogP contribution < -0.4 is 0 Å². The van der Waals surface area contributed by atoms with Crippen LogP contribution in [0.25, 0.3) is 10.7 Å². The van der Waals surface area contributed by atoms with Crippen LogP contribution in [-0.4, -0.2) is 20.9 Å². The zero-order valence-electron chi connectivity index (χ0n) is 9.89. The van der Waals surface area contributed by atoms with Crippen molar-refractivity contribution in [2.45, 2.75) is 12.6 Å². The molecule has 2 heterocycles. The topological polar surface area (TPSA) is 58.9 Å². The lowest BCUT2D eigenvalue weighted by atomic mass is 10.2. The summed E-state index contributed by atoms with van der Waals surface area (Å²) in [6.07, 6.45) is -4.24. The minimum absolute atomic E-state index is 0.0445. The first kappa shape index (κ1) is 13.6. The average Bonchev–Trinajstić information content (AvgIpc) is 2.80. The lowest BCUT2D eigenvalue weighted by Gasteiger charge is -2.06. The van der Waals surface area contributed by atoms with Gasteiger partial charge in [0, 0.05) is 0 Å². The van der Waals surface area contributed by atoms with Crippen LogP contribution in [0.5, 0.6) is 0 Å². The summed E-state index contributed by atoms with van der Waals surface area (Å²) in [5.74, 6) is 0.00803. The Morgan fingerprint density at radius 2 is 2.15 bits per heavy atom. The Morgan fingerprint density at radius 1 is 1.40 bits per heavy atom. The van der Waals surface area contributed by atoms with Crippen molar-refractivity contribution in [3.63, 3.8) is 0 Å². The van der Waals surface area contributed by atoms with E-state index < -0.39 is 12.6 Å². The standard InChI is InChI=1S/C12H6F3N5/c1-17-11-8(6-16)7-20(19-11)10-4-2-3-9(18-10)5-12(13,14)15/h2-4,7H,5H2. The van der Waals surface area contributed by atoms with E-state index in [2.05, 4.69) is 14.9 Å². The third-order valence-corrected chi connectivity index (χ3v) is 2.33. The number of pyridine rings is 1. The van der Waals surface area contributed by atoms with E-state index in [1.807, 2.05) is 0 Å². The first-order chi connectivity index (χ1) is 9.43. The Balaban J connectivity index is 2.39. The molecule has 8 heteroatoms. The van der Waals surface area contributed by atoms with Gasteiger partial charge in [-0.3, -0.25) is 0 Å². The largest absolute Gasteiger partial charge is 0.394 e. The molecule has 2 aromatic heterocycles. The maximum Gasteiger partial charge on any atom is 0.394 e. The Labute approximate surface area is 111 Å². The number of alkyl halides is 3. The van der Waals surface area contributed by atoms with Gasteiger partial charge in [0.15, 0.2) is 5.82 Å². The van der Waals surface area contributed by atoms with Crippen molar-refractivity contribution in [2.75, 3.05) is 0 Å². The van der Waals surface area contributed by atoms with Crippen LogP contribution in [0.1, 0.15) is 11.3 Å². The molecular weight excluding hydrogens is 271 g/mol. The molecule has 0 saturated heterocycles. The molecule has 0 aliphatic heterocycles. The summed E-state index contributed by atoms with van der Waals surface area (Å²) in [6, 6.07) is 5.89. The zero-order chi connectivity index (χ0) is 14.8. The van der Waals surface area contributed by atoms with Crippen LogP contribution in [-0.2, 0) is 6.42 Å².